The third-order valence-electron chi connectivity index (χ3n) is 3.79. The molecule has 0 saturated carbocycles. The standard InChI is InChI=1S/C15H30N2OS/c1-12(2)9-13(11-16)10-14(18)17-6-5-15(3,4)19-8-7-17/h12-13H,5-11,16H2,1-4H3. The Kier molecular flexibility index (Phi) is 6.67. The average molecular weight is 286 g/mol. The topological polar surface area (TPSA) is 46.3 Å². The van der Waals surface area contributed by atoms with Gasteiger partial charge in [-0.25, -0.2) is 0 Å². The molecule has 4 heteroatoms. The summed E-state index contributed by atoms with van der Waals surface area (Å²) in [4.78, 5) is 14.4. The lowest BCUT2D eigenvalue weighted by Crippen LogP contribution is -2.36. The minimum Gasteiger partial charge on any atom is -0.342 e. The summed E-state index contributed by atoms with van der Waals surface area (Å²) >= 11 is 1.98. The van der Waals surface area contributed by atoms with Gasteiger partial charge in [-0.2, -0.15) is 11.8 Å². The maximum absolute atomic E-state index is 12.4. The molecular formula is C15H30N2OS. The lowest BCUT2D eigenvalue weighted by atomic mass is 9.93. The molecule has 1 fully saturated rings. The fourth-order valence-corrected chi connectivity index (χ4v) is 3.68. The Labute approximate surface area is 122 Å². The van der Waals surface area contributed by atoms with Gasteiger partial charge in [0.05, 0.1) is 0 Å². The Hall–Kier alpha value is -0.220. The number of nitrogens with two attached hydrogens (primary N) is 1. The van der Waals surface area contributed by atoms with E-state index in [2.05, 4.69) is 27.7 Å². The van der Waals surface area contributed by atoms with Crippen LogP contribution in [0.3, 0.4) is 0 Å². The zero-order chi connectivity index (χ0) is 14.5. The largest absolute Gasteiger partial charge is 0.342 e. The van der Waals surface area contributed by atoms with Crippen LogP contribution in [0.25, 0.3) is 0 Å². The third kappa shape index (κ3) is 6.17. The first-order chi connectivity index (χ1) is 8.84. The molecule has 0 aromatic carbocycles. The van der Waals surface area contributed by atoms with E-state index in [0.29, 0.717) is 35.5 Å². The Bertz CT molecular complexity index is 292. The van der Waals surface area contributed by atoms with Crippen molar-refractivity contribution in [2.24, 2.45) is 17.6 Å². The fraction of sp³-hybridized carbons (Fsp3) is 0.933. The Balaban J connectivity index is 2.48. The van der Waals surface area contributed by atoms with Gasteiger partial charge >= 0.3 is 0 Å². The molecular weight excluding hydrogens is 256 g/mol. The molecule has 1 atom stereocenters. The first kappa shape index (κ1) is 16.8. The normalized spacial score (nSPS) is 21.3. The van der Waals surface area contributed by atoms with Crippen molar-refractivity contribution in [3.05, 3.63) is 0 Å². The SMILES string of the molecule is CC(C)CC(CN)CC(=O)N1CCSC(C)(C)CC1. The molecule has 3 nitrogen and oxygen atoms in total. The van der Waals surface area contributed by atoms with Crippen molar-refractivity contribution in [1.29, 1.82) is 0 Å². The molecule has 0 spiro atoms. The number of hydrogen-bond donors (Lipinski definition) is 1. The predicted octanol–water partition coefficient (Wildman–Crippen LogP) is 2.74. The van der Waals surface area contributed by atoms with Gasteiger partial charge in [0.25, 0.3) is 0 Å². The molecule has 19 heavy (non-hydrogen) atoms. The molecule has 0 aromatic rings. The smallest absolute Gasteiger partial charge is 0.222 e. The number of nitrogens with zero attached hydrogens (tertiary/aromatic N) is 1. The zero-order valence-electron chi connectivity index (χ0n) is 12.9. The second-order valence-electron chi connectivity index (χ2n) is 6.67. The minimum atomic E-state index is 0.300. The van der Waals surface area contributed by atoms with Gasteiger partial charge < -0.3 is 10.6 Å². The molecule has 1 unspecified atom stereocenters. The molecule has 1 aliphatic rings. The molecule has 1 saturated heterocycles. The molecule has 0 aliphatic carbocycles. The maximum atomic E-state index is 12.4. The summed E-state index contributed by atoms with van der Waals surface area (Å²) in [7, 11) is 0. The van der Waals surface area contributed by atoms with E-state index in [1.807, 2.05) is 16.7 Å². The molecule has 1 amide bonds. The van der Waals surface area contributed by atoms with E-state index in [9.17, 15) is 4.79 Å². The maximum Gasteiger partial charge on any atom is 0.222 e. The first-order valence-electron chi connectivity index (χ1n) is 7.46. The molecule has 0 bridgehead atoms. The van der Waals surface area contributed by atoms with Gasteiger partial charge in [0.1, 0.15) is 0 Å². The van der Waals surface area contributed by atoms with E-state index in [-0.39, 0.29) is 0 Å². The van der Waals surface area contributed by atoms with Crippen LogP contribution in [0.4, 0.5) is 0 Å². The zero-order valence-corrected chi connectivity index (χ0v) is 13.8. The molecule has 0 radical (unpaired) electrons. The van der Waals surface area contributed by atoms with Crippen molar-refractivity contribution in [2.45, 2.75) is 51.7 Å². The highest BCUT2D eigenvalue weighted by atomic mass is 32.2. The van der Waals surface area contributed by atoms with E-state index < -0.39 is 0 Å². The average Bonchev–Trinajstić information content (AvgIpc) is 2.48. The van der Waals surface area contributed by atoms with Gasteiger partial charge in [0, 0.05) is 30.0 Å². The van der Waals surface area contributed by atoms with Crippen LogP contribution >= 0.6 is 11.8 Å². The van der Waals surface area contributed by atoms with Gasteiger partial charge in [0.2, 0.25) is 5.91 Å². The minimum absolute atomic E-state index is 0.300. The molecule has 1 rings (SSSR count). The van der Waals surface area contributed by atoms with E-state index in [0.717, 1.165) is 31.7 Å². The molecule has 0 aromatic heterocycles. The highest BCUT2D eigenvalue weighted by Crippen LogP contribution is 2.31. The van der Waals surface area contributed by atoms with Crippen LogP contribution in [-0.4, -0.2) is 40.9 Å². The predicted molar refractivity (Wildman–Crippen MR) is 84.4 cm³/mol. The van der Waals surface area contributed by atoms with Crippen LogP contribution in [0.5, 0.6) is 0 Å². The summed E-state index contributed by atoms with van der Waals surface area (Å²) in [6, 6.07) is 0. The van der Waals surface area contributed by atoms with Crippen molar-refractivity contribution >= 4 is 17.7 Å². The number of hydrogen-bond acceptors (Lipinski definition) is 3. The van der Waals surface area contributed by atoms with Gasteiger partial charge in [-0.1, -0.05) is 27.7 Å². The Morgan fingerprint density at radius 3 is 2.63 bits per heavy atom. The third-order valence-corrected chi connectivity index (χ3v) is 5.16. The van der Waals surface area contributed by atoms with Crippen molar-refractivity contribution in [3.8, 4) is 0 Å². The first-order valence-corrected chi connectivity index (χ1v) is 8.44. The summed E-state index contributed by atoms with van der Waals surface area (Å²) in [5.74, 6) is 2.31. The number of carbonyl (C=O) groups is 1. The molecule has 2 N–H and O–H groups in total. The molecule has 112 valence electrons. The molecule has 1 heterocycles. The number of carbonyl (C=O) groups excluding carboxylic acids is 1. The second-order valence-corrected chi connectivity index (χ2v) is 8.48. The van der Waals surface area contributed by atoms with E-state index in [1.165, 1.54) is 0 Å². The van der Waals surface area contributed by atoms with E-state index in [4.69, 9.17) is 5.73 Å². The Morgan fingerprint density at radius 2 is 2.05 bits per heavy atom. The Morgan fingerprint density at radius 1 is 1.37 bits per heavy atom. The van der Waals surface area contributed by atoms with Crippen LogP contribution in [0.2, 0.25) is 0 Å². The summed E-state index contributed by atoms with van der Waals surface area (Å²) in [5, 5.41) is 0. The number of rotatable bonds is 5. The summed E-state index contributed by atoms with van der Waals surface area (Å²) in [5.41, 5.74) is 5.80. The van der Waals surface area contributed by atoms with Gasteiger partial charge in [-0.15, -0.1) is 0 Å². The van der Waals surface area contributed by atoms with Crippen LogP contribution in [0, 0.1) is 11.8 Å². The van der Waals surface area contributed by atoms with Crippen LogP contribution in [-0.2, 0) is 4.79 Å². The fourth-order valence-electron chi connectivity index (χ4n) is 2.58. The highest BCUT2D eigenvalue weighted by molar-refractivity contribution is 8.00. The van der Waals surface area contributed by atoms with Gasteiger partial charge in [-0.05, 0) is 31.2 Å². The lowest BCUT2D eigenvalue weighted by molar-refractivity contribution is -0.132. The lowest BCUT2D eigenvalue weighted by Gasteiger charge is -2.25. The van der Waals surface area contributed by atoms with Crippen LogP contribution < -0.4 is 5.73 Å². The van der Waals surface area contributed by atoms with Crippen LogP contribution in [0.1, 0.15) is 47.0 Å². The van der Waals surface area contributed by atoms with Crippen molar-refractivity contribution in [3.63, 3.8) is 0 Å². The summed E-state index contributed by atoms with van der Waals surface area (Å²) in [6.07, 6.45) is 2.76. The van der Waals surface area contributed by atoms with E-state index in [1.54, 1.807) is 0 Å². The van der Waals surface area contributed by atoms with Crippen molar-refractivity contribution in [1.82, 2.24) is 4.90 Å². The van der Waals surface area contributed by atoms with E-state index >= 15 is 0 Å². The summed E-state index contributed by atoms with van der Waals surface area (Å²) < 4.78 is 0.306. The van der Waals surface area contributed by atoms with Gasteiger partial charge in [-0.3, -0.25) is 4.79 Å². The quantitative estimate of drug-likeness (QED) is 0.845. The van der Waals surface area contributed by atoms with Crippen molar-refractivity contribution < 1.29 is 4.79 Å². The van der Waals surface area contributed by atoms with Crippen LogP contribution in [0.15, 0.2) is 0 Å². The molecule has 1 aliphatic heterocycles. The second kappa shape index (κ2) is 7.53. The van der Waals surface area contributed by atoms with Crippen molar-refractivity contribution in [2.75, 3.05) is 25.4 Å². The monoisotopic (exact) mass is 286 g/mol. The highest BCUT2D eigenvalue weighted by Gasteiger charge is 2.26. The van der Waals surface area contributed by atoms with Gasteiger partial charge in [0.15, 0.2) is 0 Å². The number of thioether (sulfide) groups is 1. The number of amides is 1. The summed E-state index contributed by atoms with van der Waals surface area (Å²) in [6.45, 7) is 11.3.